The van der Waals surface area contributed by atoms with Crippen molar-refractivity contribution in [3.63, 3.8) is 0 Å². The maximum absolute atomic E-state index is 11.8. The van der Waals surface area contributed by atoms with Crippen molar-refractivity contribution in [2.45, 2.75) is 25.4 Å². The van der Waals surface area contributed by atoms with E-state index in [1.54, 1.807) is 18.3 Å². The van der Waals surface area contributed by atoms with Gasteiger partial charge in [-0.05, 0) is 43.6 Å². The Labute approximate surface area is 107 Å². The molecule has 1 saturated heterocycles. The first-order valence-corrected chi connectivity index (χ1v) is 6.28. The molecule has 2 rings (SSSR count). The van der Waals surface area contributed by atoms with Crippen molar-refractivity contribution in [1.29, 1.82) is 0 Å². The normalized spacial score (nSPS) is 16.7. The number of nitrogens with zero attached hydrogens (tertiary/aromatic N) is 1. The zero-order valence-electron chi connectivity index (χ0n) is 10.4. The monoisotopic (exact) mass is 249 g/mol. The zero-order valence-corrected chi connectivity index (χ0v) is 10.4. The van der Waals surface area contributed by atoms with Gasteiger partial charge >= 0.3 is 0 Å². The fourth-order valence-corrected chi connectivity index (χ4v) is 2.06. The summed E-state index contributed by atoms with van der Waals surface area (Å²) < 4.78 is 5.61. The Kier molecular flexibility index (Phi) is 4.66. The number of anilines is 1. The summed E-state index contributed by atoms with van der Waals surface area (Å²) in [5.74, 6) is 0.527. The standard InChI is InChI=1S/C13H19N3O2/c14-13-8-10(1-6-16-13)7-11(17)9-18-12-2-4-15-5-3-12/h1,6,8,12,15H,2-5,7,9H2,(H2,14,16). The van der Waals surface area contributed by atoms with Crippen LogP contribution in [0.1, 0.15) is 18.4 Å². The van der Waals surface area contributed by atoms with Crippen LogP contribution in [0.3, 0.4) is 0 Å². The van der Waals surface area contributed by atoms with Gasteiger partial charge in [0.1, 0.15) is 12.4 Å². The highest BCUT2D eigenvalue weighted by atomic mass is 16.5. The van der Waals surface area contributed by atoms with E-state index in [4.69, 9.17) is 10.5 Å². The average molecular weight is 249 g/mol. The van der Waals surface area contributed by atoms with Gasteiger partial charge in [-0.15, -0.1) is 0 Å². The van der Waals surface area contributed by atoms with Crippen LogP contribution < -0.4 is 11.1 Å². The van der Waals surface area contributed by atoms with E-state index in [0.717, 1.165) is 31.5 Å². The molecule has 0 saturated carbocycles. The molecule has 1 aliphatic rings. The molecule has 18 heavy (non-hydrogen) atoms. The molecule has 3 N–H and O–H groups in total. The molecular formula is C13H19N3O2. The van der Waals surface area contributed by atoms with E-state index in [9.17, 15) is 4.79 Å². The summed E-state index contributed by atoms with van der Waals surface area (Å²) in [7, 11) is 0. The van der Waals surface area contributed by atoms with E-state index in [1.165, 1.54) is 0 Å². The Bertz CT molecular complexity index is 403. The highest BCUT2D eigenvalue weighted by molar-refractivity contribution is 5.82. The molecule has 2 heterocycles. The van der Waals surface area contributed by atoms with Crippen LogP contribution in [0.5, 0.6) is 0 Å². The Balaban J connectivity index is 1.74. The van der Waals surface area contributed by atoms with Gasteiger partial charge in [-0.2, -0.15) is 0 Å². The number of nitrogens with one attached hydrogen (secondary N) is 1. The number of piperidine rings is 1. The van der Waals surface area contributed by atoms with Crippen LogP contribution in [-0.4, -0.2) is 36.6 Å². The summed E-state index contributed by atoms with van der Waals surface area (Å²) >= 11 is 0. The maximum Gasteiger partial charge on any atom is 0.162 e. The maximum atomic E-state index is 11.8. The molecule has 1 aromatic rings. The number of carbonyl (C=O) groups excluding carboxylic acids is 1. The molecule has 0 unspecified atom stereocenters. The first-order valence-electron chi connectivity index (χ1n) is 6.28. The zero-order chi connectivity index (χ0) is 12.8. The molecule has 0 aromatic carbocycles. The number of rotatable bonds is 5. The lowest BCUT2D eigenvalue weighted by Gasteiger charge is -2.22. The fourth-order valence-electron chi connectivity index (χ4n) is 2.06. The van der Waals surface area contributed by atoms with Crippen LogP contribution in [0.2, 0.25) is 0 Å². The summed E-state index contributed by atoms with van der Waals surface area (Å²) in [6.07, 6.45) is 4.16. The van der Waals surface area contributed by atoms with E-state index in [-0.39, 0.29) is 18.5 Å². The lowest BCUT2D eigenvalue weighted by molar-refractivity contribution is -0.125. The largest absolute Gasteiger partial charge is 0.384 e. The summed E-state index contributed by atoms with van der Waals surface area (Å²) in [6, 6.07) is 3.53. The summed E-state index contributed by atoms with van der Waals surface area (Å²) in [6.45, 7) is 2.13. The minimum atomic E-state index is 0.0825. The molecule has 0 amide bonds. The second-order valence-electron chi connectivity index (χ2n) is 4.56. The Morgan fingerprint density at radius 1 is 1.50 bits per heavy atom. The molecule has 5 heteroatoms. The number of Topliss-reactive ketones (excluding diaryl/α,β-unsaturated/α-hetero) is 1. The number of carbonyl (C=O) groups is 1. The minimum absolute atomic E-state index is 0.0825. The average Bonchev–Trinajstić information content (AvgIpc) is 2.38. The van der Waals surface area contributed by atoms with Crippen molar-refractivity contribution in [3.8, 4) is 0 Å². The number of hydrogen-bond acceptors (Lipinski definition) is 5. The van der Waals surface area contributed by atoms with Gasteiger partial charge in [0.05, 0.1) is 6.10 Å². The molecule has 0 spiro atoms. The van der Waals surface area contributed by atoms with Crippen LogP contribution in [-0.2, 0) is 16.0 Å². The van der Waals surface area contributed by atoms with Gasteiger partial charge < -0.3 is 15.8 Å². The number of ether oxygens (including phenoxy) is 1. The van der Waals surface area contributed by atoms with Crippen LogP contribution >= 0.6 is 0 Å². The van der Waals surface area contributed by atoms with Crippen molar-refractivity contribution in [2.75, 3.05) is 25.4 Å². The number of hydrogen-bond donors (Lipinski definition) is 2. The smallest absolute Gasteiger partial charge is 0.162 e. The lowest BCUT2D eigenvalue weighted by atomic mass is 10.1. The third-order valence-electron chi connectivity index (χ3n) is 3.01. The topological polar surface area (TPSA) is 77.2 Å². The van der Waals surface area contributed by atoms with E-state index in [0.29, 0.717) is 12.2 Å². The van der Waals surface area contributed by atoms with Crippen molar-refractivity contribution in [1.82, 2.24) is 10.3 Å². The highest BCUT2D eigenvalue weighted by Crippen LogP contribution is 2.08. The molecule has 98 valence electrons. The van der Waals surface area contributed by atoms with Crippen LogP contribution in [0.25, 0.3) is 0 Å². The quantitative estimate of drug-likeness (QED) is 0.796. The van der Waals surface area contributed by atoms with Gasteiger partial charge in [-0.3, -0.25) is 4.79 Å². The van der Waals surface area contributed by atoms with Crippen molar-refractivity contribution >= 4 is 11.6 Å². The third-order valence-corrected chi connectivity index (χ3v) is 3.01. The third kappa shape index (κ3) is 4.09. The second-order valence-corrected chi connectivity index (χ2v) is 4.56. The summed E-state index contributed by atoms with van der Waals surface area (Å²) in [5.41, 5.74) is 6.45. The first kappa shape index (κ1) is 13.0. The number of nitrogens with two attached hydrogens (primary N) is 1. The molecule has 1 aliphatic heterocycles. The molecule has 0 atom stereocenters. The molecule has 5 nitrogen and oxygen atoms in total. The van der Waals surface area contributed by atoms with E-state index in [2.05, 4.69) is 10.3 Å². The van der Waals surface area contributed by atoms with Crippen LogP contribution in [0.15, 0.2) is 18.3 Å². The molecule has 0 radical (unpaired) electrons. The number of ketones is 1. The van der Waals surface area contributed by atoms with Gasteiger partial charge in [0.15, 0.2) is 5.78 Å². The fraction of sp³-hybridized carbons (Fsp3) is 0.538. The Hall–Kier alpha value is -1.46. The SMILES string of the molecule is Nc1cc(CC(=O)COC2CCNCC2)ccn1. The second kappa shape index (κ2) is 6.47. The van der Waals surface area contributed by atoms with E-state index < -0.39 is 0 Å². The lowest BCUT2D eigenvalue weighted by Crippen LogP contribution is -2.33. The highest BCUT2D eigenvalue weighted by Gasteiger charge is 2.14. The molecule has 1 fully saturated rings. The summed E-state index contributed by atoms with van der Waals surface area (Å²) in [5, 5.41) is 3.26. The van der Waals surface area contributed by atoms with Crippen LogP contribution in [0.4, 0.5) is 5.82 Å². The van der Waals surface area contributed by atoms with E-state index >= 15 is 0 Å². The summed E-state index contributed by atoms with van der Waals surface area (Å²) in [4.78, 5) is 15.7. The predicted molar refractivity (Wildman–Crippen MR) is 69.2 cm³/mol. The van der Waals surface area contributed by atoms with Gasteiger partial charge in [-0.1, -0.05) is 0 Å². The van der Waals surface area contributed by atoms with Crippen molar-refractivity contribution in [2.24, 2.45) is 0 Å². The van der Waals surface area contributed by atoms with Gasteiger partial charge in [0.25, 0.3) is 0 Å². The first-order chi connectivity index (χ1) is 8.74. The molecule has 1 aromatic heterocycles. The number of aromatic nitrogens is 1. The molecule has 0 bridgehead atoms. The predicted octanol–water partition coefficient (Wildman–Crippen LogP) is 0.544. The number of pyridine rings is 1. The van der Waals surface area contributed by atoms with Crippen molar-refractivity contribution in [3.05, 3.63) is 23.9 Å². The van der Waals surface area contributed by atoms with Gasteiger partial charge in [0, 0.05) is 12.6 Å². The van der Waals surface area contributed by atoms with Crippen molar-refractivity contribution < 1.29 is 9.53 Å². The number of nitrogen functional groups attached to an aromatic ring is 1. The molecular weight excluding hydrogens is 230 g/mol. The van der Waals surface area contributed by atoms with Gasteiger partial charge in [0.2, 0.25) is 0 Å². The Morgan fingerprint density at radius 3 is 3.00 bits per heavy atom. The van der Waals surface area contributed by atoms with Gasteiger partial charge in [-0.25, -0.2) is 4.98 Å². The van der Waals surface area contributed by atoms with Crippen LogP contribution in [0, 0.1) is 0 Å². The minimum Gasteiger partial charge on any atom is -0.384 e. The Morgan fingerprint density at radius 2 is 2.28 bits per heavy atom. The molecule has 0 aliphatic carbocycles. The van der Waals surface area contributed by atoms with E-state index in [1.807, 2.05) is 0 Å².